The average molecular weight is 279 g/mol. The van der Waals surface area contributed by atoms with Gasteiger partial charge in [-0.15, -0.1) is 0 Å². The van der Waals surface area contributed by atoms with Crippen LogP contribution in [-0.2, 0) is 4.74 Å². The van der Waals surface area contributed by atoms with Gasteiger partial charge in [0.25, 0.3) is 0 Å². The maximum atomic E-state index is 6.69. The fourth-order valence-corrected chi connectivity index (χ4v) is 4.84. The minimum absolute atomic E-state index is 0.174. The third-order valence-corrected chi connectivity index (χ3v) is 6.15. The van der Waals surface area contributed by atoms with Gasteiger partial charge in [-0.3, -0.25) is 0 Å². The number of morpholine rings is 1. The van der Waals surface area contributed by atoms with E-state index in [2.05, 4.69) is 33.0 Å². The van der Waals surface area contributed by atoms with E-state index in [-0.39, 0.29) is 5.60 Å². The molecule has 20 heavy (non-hydrogen) atoms. The Kier molecular flexibility index (Phi) is 3.92. The van der Waals surface area contributed by atoms with Crippen LogP contribution in [0, 0.1) is 17.3 Å². The highest BCUT2D eigenvalue weighted by Gasteiger charge is 2.46. The molecule has 1 saturated heterocycles. The Bertz CT molecular complexity index is 348. The third-order valence-electron chi connectivity index (χ3n) is 6.15. The molecule has 0 aromatic carbocycles. The van der Waals surface area contributed by atoms with E-state index in [0.717, 1.165) is 18.4 Å². The summed E-state index contributed by atoms with van der Waals surface area (Å²) in [4.78, 5) is 0. The van der Waals surface area contributed by atoms with E-state index in [1.165, 1.54) is 44.9 Å². The second-order valence-electron chi connectivity index (χ2n) is 8.90. The van der Waals surface area contributed by atoms with Gasteiger partial charge in [0.2, 0.25) is 0 Å². The Balaban J connectivity index is 1.63. The van der Waals surface area contributed by atoms with Crippen LogP contribution < -0.4 is 5.32 Å². The molecule has 0 aromatic heterocycles. The number of nitrogens with one attached hydrogen (secondary N) is 1. The van der Waals surface area contributed by atoms with E-state index in [1.54, 1.807) is 0 Å². The monoisotopic (exact) mass is 279 g/mol. The number of ether oxygens (including phenoxy) is 1. The molecule has 5 unspecified atom stereocenters. The van der Waals surface area contributed by atoms with Crippen molar-refractivity contribution < 1.29 is 4.74 Å². The second kappa shape index (κ2) is 5.28. The standard InChI is InChI=1S/C18H33NO/c1-13-6-5-9-18(11-13)12-19-15-10-14(17(2,3)4)7-8-16(15)20-18/h13-16,19H,5-12H2,1-4H3. The normalized spacial score (nSPS) is 46.2. The van der Waals surface area contributed by atoms with E-state index in [4.69, 9.17) is 4.74 Å². The number of fused-ring (bicyclic) bond motifs is 1. The molecule has 1 N–H and O–H groups in total. The summed E-state index contributed by atoms with van der Waals surface area (Å²) in [7, 11) is 0. The lowest BCUT2D eigenvalue weighted by Gasteiger charge is -2.52. The van der Waals surface area contributed by atoms with Gasteiger partial charge in [-0.05, 0) is 49.4 Å². The summed E-state index contributed by atoms with van der Waals surface area (Å²) in [5, 5.41) is 3.88. The van der Waals surface area contributed by atoms with Gasteiger partial charge >= 0.3 is 0 Å². The molecule has 2 nitrogen and oxygen atoms in total. The molecule has 2 heteroatoms. The van der Waals surface area contributed by atoms with Gasteiger partial charge in [0.15, 0.2) is 0 Å². The zero-order chi connectivity index (χ0) is 14.4. The molecule has 116 valence electrons. The minimum Gasteiger partial charge on any atom is -0.369 e. The quantitative estimate of drug-likeness (QED) is 0.719. The van der Waals surface area contributed by atoms with Gasteiger partial charge in [-0.2, -0.15) is 0 Å². The average Bonchev–Trinajstić information content (AvgIpc) is 2.36. The van der Waals surface area contributed by atoms with Gasteiger partial charge in [-0.1, -0.05) is 40.5 Å². The van der Waals surface area contributed by atoms with Crippen LogP contribution in [-0.4, -0.2) is 24.3 Å². The van der Waals surface area contributed by atoms with Crippen molar-refractivity contribution in [2.24, 2.45) is 17.3 Å². The summed E-state index contributed by atoms with van der Waals surface area (Å²) in [5.41, 5.74) is 0.620. The Morgan fingerprint density at radius 3 is 2.65 bits per heavy atom. The van der Waals surface area contributed by atoms with Crippen LogP contribution in [0.1, 0.15) is 72.6 Å². The van der Waals surface area contributed by atoms with Crippen LogP contribution in [0.5, 0.6) is 0 Å². The zero-order valence-corrected chi connectivity index (χ0v) is 13.9. The maximum absolute atomic E-state index is 6.69. The van der Waals surface area contributed by atoms with Crippen LogP contribution in [0.2, 0.25) is 0 Å². The molecule has 1 spiro atoms. The van der Waals surface area contributed by atoms with E-state index >= 15 is 0 Å². The largest absolute Gasteiger partial charge is 0.369 e. The highest BCUT2D eigenvalue weighted by molar-refractivity contribution is 5.00. The van der Waals surface area contributed by atoms with Crippen molar-refractivity contribution in [1.29, 1.82) is 0 Å². The highest BCUT2D eigenvalue weighted by atomic mass is 16.5. The summed E-state index contributed by atoms with van der Waals surface area (Å²) in [6.07, 6.45) is 9.68. The molecule has 0 radical (unpaired) electrons. The molecule has 0 aromatic rings. The SMILES string of the molecule is CC1CCCC2(CNC3CC(C(C)(C)C)CCC3O2)C1. The Morgan fingerprint density at radius 1 is 1.15 bits per heavy atom. The lowest BCUT2D eigenvalue weighted by Crippen LogP contribution is -2.62. The molecule has 0 amide bonds. The summed E-state index contributed by atoms with van der Waals surface area (Å²) < 4.78 is 6.69. The van der Waals surface area contributed by atoms with Crippen molar-refractivity contribution in [2.75, 3.05) is 6.54 Å². The van der Waals surface area contributed by atoms with Crippen LogP contribution in [0.25, 0.3) is 0 Å². The molecule has 3 fully saturated rings. The van der Waals surface area contributed by atoms with Crippen molar-refractivity contribution in [3.63, 3.8) is 0 Å². The Labute approximate surface area is 125 Å². The molecular weight excluding hydrogens is 246 g/mol. The van der Waals surface area contributed by atoms with E-state index in [0.29, 0.717) is 17.6 Å². The lowest BCUT2D eigenvalue weighted by molar-refractivity contribution is -0.173. The topological polar surface area (TPSA) is 21.3 Å². The first kappa shape index (κ1) is 14.8. The second-order valence-corrected chi connectivity index (χ2v) is 8.90. The molecule has 3 rings (SSSR count). The Hall–Kier alpha value is -0.0800. The van der Waals surface area contributed by atoms with E-state index in [9.17, 15) is 0 Å². The van der Waals surface area contributed by atoms with E-state index in [1.807, 2.05) is 0 Å². The first-order valence-corrected chi connectivity index (χ1v) is 8.79. The molecule has 5 atom stereocenters. The van der Waals surface area contributed by atoms with Gasteiger partial charge in [0.05, 0.1) is 11.7 Å². The minimum atomic E-state index is 0.174. The fraction of sp³-hybridized carbons (Fsp3) is 1.00. The highest BCUT2D eigenvalue weighted by Crippen LogP contribution is 2.44. The van der Waals surface area contributed by atoms with Crippen LogP contribution >= 0.6 is 0 Å². The van der Waals surface area contributed by atoms with Gasteiger partial charge in [0, 0.05) is 12.6 Å². The molecule has 1 heterocycles. The lowest BCUT2D eigenvalue weighted by atomic mass is 9.69. The molecular formula is C18H33NO. The number of hydrogen-bond donors (Lipinski definition) is 1. The van der Waals surface area contributed by atoms with Crippen molar-refractivity contribution >= 4 is 0 Å². The van der Waals surface area contributed by atoms with Gasteiger partial charge in [0.1, 0.15) is 0 Å². The van der Waals surface area contributed by atoms with Crippen LogP contribution in [0.3, 0.4) is 0 Å². The molecule has 2 saturated carbocycles. The number of hydrogen-bond acceptors (Lipinski definition) is 2. The Morgan fingerprint density at radius 2 is 1.95 bits per heavy atom. The maximum Gasteiger partial charge on any atom is 0.0813 e. The first-order valence-electron chi connectivity index (χ1n) is 8.79. The molecule has 1 aliphatic heterocycles. The summed E-state index contributed by atoms with van der Waals surface area (Å²) in [5.74, 6) is 1.69. The number of rotatable bonds is 0. The first-order chi connectivity index (χ1) is 9.38. The fourth-order valence-electron chi connectivity index (χ4n) is 4.84. The van der Waals surface area contributed by atoms with Crippen LogP contribution in [0.4, 0.5) is 0 Å². The zero-order valence-electron chi connectivity index (χ0n) is 13.9. The summed E-state index contributed by atoms with van der Waals surface area (Å²) >= 11 is 0. The van der Waals surface area contributed by atoms with Crippen molar-refractivity contribution in [1.82, 2.24) is 5.32 Å². The molecule has 2 aliphatic carbocycles. The van der Waals surface area contributed by atoms with Gasteiger partial charge < -0.3 is 10.1 Å². The molecule has 0 bridgehead atoms. The summed E-state index contributed by atoms with van der Waals surface area (Å²) in [6.45, 7) is 10.7. The van der Waals surface area contributed by atoms with Crippen molar-refractivity contribution in [3.05, 3.63) is 0 Å². The smallest absolute Gasteiger partial charge is 0.0813 e. The predicted octanol–water partition coefficient (Wildman–Crippen LogP) is 4.14. The van der Waals surface area contributed by atoms with Crippen LogP contribution in [0.15, 0.2) is 0 Å². The van der Waals surface area contributed by atoms with Crippen molar-refractivity contribution in [3.8, 4) is 0 Å². The van der Waals surface area contributed by atoms with Gasteiger partial charge in [-0.25, -0.2) is 0 Å². The third kappa shape index (κ3) is 2.92. The van der Waals surface area contributed by atoms with E-state index < -0.39 is 0 Å². The predicted molar refractivity (Wildman–Crippen MR) is 83.8 cm³/mol. The summed E-state index contributed by atoms with van der Waals surface area (Å²) in [6, 6.07) is 0.607. The van der Waals surface area contributed by atoms with Crippen molar-refractivity contribution in [2.45, 2.75) is 90.4 Å². The molecule has 3 aliphatic rings.